The molecule has 0 bridgehead atoms. The minimum Gasteiger partial charge on any atom is -0.371 e. The Balaban J connectivity index is 2.26. The maximum Gasteiger partial charge on any atom is 0.152 e. The molecule has 0 saturated carbocycles. The quantitative estimate of drug-likeness (QED) is 0.772. The van der Waals surface area contributed by atoms with Crippen LogP contribution in [-0.4, -0.2) is 19.4 Å². The van der Waals surface area contributed by atoms with Crippen molar-refractivity contribution in [2.24, 2.45) is 0 Å². The minimum atomic E-state index is 0.788. The van der Waals surface area contributed by atoms with Crippen LogP contribution in [0.1, 0.15) is 36.0 Å². The van der Waals surface area contributed by atoms with E-state index in [1.54, 1.807) is 0 Å². The predicted octanol–water partition coefficient (Wildman–Crippen LogP) is 3.64. The van der Waals surface area contributed by atoms with E-state index < -0.39 is 0 Å². The van der Waals surface area contributed by atoms with E-state index in [2.05, 4.69) is 20.8 Å². The highest BCUT2D eigenvalue weighted by Gasteiger charge is 2.13. The summed E-state index contributed by atoms with van der Waals surface area (Å²) >= 11 is 3.40. The number of rotatable bonds is 2. The van der Waals surface area contributed by atoms with Gasteiger partial charge in [0.1, 0.15) is 0 Å². The van der Waals surface area contributed by atoms with Gasteiger partial charge in [0.15, 0.2) is 6.29 Å². The molecule has 0 spiro atoms. The van der Waals surface area contributed by atoms with Crippen molar-refractivity contribution >= 4 is 27.9 Å². The van der Waals surface area contributed by atoms with Crippen LogP contribution in [0, 0.1) is 0 Å². The van der Waals surface area contributed by atoms with Crippen LogP contribution in [0.3, 0.4) is 0 Å². The summed E-state index contributed by atoms with van der Waals surface area (Å²) in [5.74, 6) is 0. The summed E-state index contributed by atoms with van der Waals surface area (Å²) in [4.78, 5) is 13.4. The van der Waals surface area contributed by atoms with Crippen molar-refractivity contribution in [3.8, 4) is 0 Å². The van der Waals surface area contributed by atoms with Gasteiger partial charge in [-0.1, -0.05) is 28.8 Å². The molecule has 0 aliphatic carbocycles. The van der Waals surface area contributed by atoms with Crippen LogP contribution in [0.5, 0.6) is 0 Å². The lowest BCUT2D eigenvalue weighted by Gasteiger charge is -2.24. The fraction of sp³-hybridized carbons (Fsp3) is 0.462. The summed E-state index contributed by atoms with van der Waals surface area (Å²) in [6.07, 6.45) is 6.03. The van der Waals surface area contributed by atoms with E-state index in [1.165, 1.54) is 25.7 Å². The summed E-state index contributed by atoms with van der Waals surface area (Å²) in [5.41, 5.74) is 1.87. The van der Waals surface area contributed by atoms with Crippen LogP contribution in [0.2, 0.25) is 0 Å². The van der Waals surface area contributed by atoms with E-state index in [4.69, 9.17) is 0 Å². The van der Waals surface area contributed by atoms with Gasteiger partial charge in [-0.05, 0) is 31.0 Å². The minimum absolute atomic E-state index is 0.788. The Morgan fingerprint density at radius 1 is 1.12 bits per heavy atom. The van der Waals surface area contributed by atoms with Crippen molar-refractivity contribution in [2.45, 2.75) is 25.7 Å². The highest BCUT2D eigenvalue weighted by atomic mass is 79.9. The summed E-state index contributed by atoms with van der Waals surface area (Å²) < 4.78 is 0.966. The molecule has 0 radical (unpaired) electrons. The standard InChI is InChI=1S/C13H16BrNO/c14-12-5-6-13(11(9-12)10-16)15-7-3-1-2-4-8-15/h5-6,9-10H,1-4,7-8H2. The van der Waals surface area contributed by atoms with Crippen molar-refractivity contribution in [3.63, 3.8) is 0 Å². The lowest BCUT2D eigenvalue weighted by molar-refractivity contribution is 0.112. The van der Waals surface area contributed by atoms with Crippen LogP contribution >= 0.6 is 15.9 Å². The summed E-state index contributed by atoms with van der Waals surface area (Å²) in [7, 11) is 0. The van der Waals surface area contributed by atoms with Crippen molar-refractivity contribution in [2.75, 3.05) is 18.0 Å². The van der Waals surface area contributed by atoms with Gasteiger partial charge in [-0.25, -0.2) is 0 Å². The topological polar surface area (TPSA) is 20.3 Å². The van der Waals surface area contributed by atoms with Gasteiger partial charge in [-0.3, -0.25) is 4.79 Å². The Morgan fingerprint density at radius 3 is 2.44 bits per heavy atom. The van der Waals surface area contributed by atoms with E-state index in [-0.39, 0.29) is 0 Å². The van der Waals surface area contributed by atoms with E-state index in [0.29, 0.717) is 0 Å². The normalized spacial score (nSPS) is 16.9. The molecule has 0 amide bonds. The second kappa shape index (κ2) is 5.48. The van der Waals surface area contributed by atoms with Gasteiger partial charge in [-0.15, -0.1) is 0 Å². The number of anilines is 1. The Labute approximate surface area is 105 Å². The maximum absolute atomic E-state index is 11.1. The van der Waals surface area contributed by atoms with Gasteiger partial charge >= 0.3 is 0 Å². The molecule has 2 nitrogen and oxygen atoms in total. The molecule has 1 aromatic carbocycles. The molecule has 86 valence electrons. The molecule has 16 heavy (non-hydrogen) atoms. The van der Waals surface area contributed by atoms with Gasteiger partial charge in [0.2, 0.25) is 0 Å². The molecule has 1 aromatic rings. The van der Waals surface area contributed by atoms with Crippen LogP contribution in [-0.2, 0) is 0 Å². The van der Waals surface area contributed by atoms with Crippen molar-refractivity contribution in [1.82, 2.24) is 0 Å². The lowest BCUT2D eigenvalue weighted by Crippen LogP contribution is -2.24. The zero-order valence-corrected chi connectivity index (χ0v) is 10.9. The fourth-order valence-corrected chi connectivity index (χ4v) is 2.60. The number of carbonyl (C=O) groups excluding carboxylic acids is 1. The van der Waals surface area contributed by atoms with Crippen molar-refractivity contribution < 1.29 is 4.79 Å². The first-order chi connectivity index (χ1) is 7.81. The Bertz CT molecular complexity index is 370. The largest absolute Gasteiger partial charge is 0.371 e. The molecular weight excluding hydrogens is 266 g/mol. The van der Waals surface area contributed by atoms with Crippen LogP contribution < -0.4 is 4.90 Å². The highest BCUT2D eigenvalue weighted by molar-refractivity contribution is 9.10. The Kier molecular flexibility index (Phi) is 3.99. The lowest BCUT2D eigenvalue weighted by atomic mass is 10.1. The molecule has 0 unspecified atom stereocenters. The van der Waals surface area contributed by atoms with E-state index >= 15 is 0 Å². The SMILES string of the molecule is O=Cc1cc(Br)ccc1N1CCCCCC1. The molecule has 1 aliphatic heterocycles. The first-order valence-corrected chi connectivity index (χ1v) is 6.60. The molecule has 3 heteroatoms. The highest BCUT2D eigenvalue weighted by Crippen LogP contribution is 2.25. The smallest absolute Gasteiger partial charge is 0.152 e. The third kappa shape index (κ3) is 2.64. The monoisotopic (exact) mass is 281 g/mol. The van der Waals surface area contributed by atoms with Gasteiger partial charge in [0, 0.05) is 28.8 Å². The van der Waals surface area contributed by atoms with Crippen molar-refractivity contribution in [3.05, 3.63) is 28.2 Å². The molecule has 1 heterocycles. The van der Waals surface area contributed by atoms with E-state index in [1.807, 2.05) is 18.2 Å². The third-order valence-electron chi connectivity index (χ3n) is 3.06. The second-order valence-electron chi connectivity index (χ2n) is 4.22. The summed E-state index contributed by atoms with van der Waals surface area (Å²) in [5, 5.41) is 0. The summed E-state index contributed by atoms with van der Waals surface area (Å²) in [6.45, 7) is 2.14. The van der Waals surface area contributed by atoms with Gasteiger partial charge < -0.3 is 4.90 Å². The van der Waals surface area contributed by atoms with Gasteiger partial charge in [0.05, 0.1) is 0 Å². The molecule has 1 aliphatic rings. The Morgan fingerprint density at radius 2 is 1.81 bits per heavy atom. The summed E-state index contributed by atoms with van der Waals surface area (Å²) in [6, 6.07) is 5.94. The number of nitrogens with zero attached hydrogens (tertiary/aromatic N) is 1. The van der Waals surface area contributed by atoms with Crippen LogP contribution in [0.15, 0.2) is 22.7 Å². The molecular formula is C13H16BrNO. The molecule has 1 fully saturated rings. The zero-order chi connectivity index (χ0) is 11.4. The first kappa shape index (κ1) is 11.6. The number of hydrogen-bond acceptors (Lipinski definition) is 2. The van der Waals surface area contributed by atoms with Crippen LogP contribution in [0.25, 0.3) is 0 Å². The maximum atomic E-state index is 11.1. The number of benzene rings is 1. The molecule has 0 N–H and O–H groups in total. The molecule has 0 aromatic heterocycles. The number of halogens is 1. The molecule has 1 saturated heterocycles. The first-order valence-electron chi connectivity index (χ1n) is 5.81. The Hall–Kier alpha value is -0.830. The number of hydrogen-bond donors (Lipinski definition) is 0. The average molecular weight is 282 g/mol. The van der Waals surface area contributed by atoms with E-state index in [9.17, 15) is 4.79 Å². The number of aldehydes is 1. The van der Waals surface area contributed by atoms with Gasteiger partial charge in [-0.2, -0.15) is 0 Å². The average Bonchev–Trinajstić information content (AvgIpc) is 2.57. The van der Waals surface area contributed by atoms with Gasteiger partial charge in [0.25, 0.3) is 0 Å². The second-order valence-corrected chi connectivity index (χ2v) is 5.14. The number of carbonyl (C=O) groups is 1. The molecule has 2 rings (SSSR count). The zero-order valence-electron chi connectivity index (χ0n) is 9.29. The fourth-order valence-electron chi connectivity index (χ4n) is 2.22. The van der Waals surface area contributed by atoms with Crippen molar-refractivity contribution in [1.29, 1.82) is 0 Å². The van der Waals surface area contributed by atoms with E-state index in [0.717, 1.165) is 35.1 Å². The molecule has 0 atom stereocenters. The van der Waals surface area contributed by atoms with Crippen LogP contribution in [0.4, 0.5) is 5.69 Å². The third-order valence-corrected chi connectivity index (χ3v) is 3.56. The predicted molar refractivity (Wildman–Crippen MR) is 70.2 cm³/mol.